The summed E-state index contributed by atoms with van der Waals surface area (Å²) in [4.78, 5) is 29.7. The molecule has 0 saturated carbocycles. The second-order valence-electron chi connectivity index (χ2n) is 9.96. The fourth-order valence-electron chi connectivity index (χ4n) is 4.13. The number of nitrogens with zero attached hydrogens (tertiary/aromatic N) is 2. The normalized spacial score (nSPS) is 11.3. The van der Waals surface area contributed by atoms with Gasteiger partial charge in [-0.05, 0) is 52.2 Å². The van der Waals surface area contributed by atoms with Crippen LogP contribution in [0.4, 0.5) is 0 Å². The zero-order valence-electron chi connectivity index (χ0n) is 23.6. The van der Waals surface area contributed by atoms with E-state index in [1.165, 1.54) is 64.2 Å². The zero-order chi connectivity index (χ0) is 26.4. The number of carbonyl (C=O) groups is 2. The minimum Gasteiger partial charge on any atom is -0.461 e. The molecule has 6 heteroatoms. The van der Waals surface area contributed by atoms with Crippen LogP contribution in [0.5, 0.6) is 0 Å². The lowest BCUT2D eigenvalue weighted by atomic mass is 10.1. The van der Waals surface area contributed by atoms with Crippen molar-refractivity contribution in [1.29, 1.82) is 0 Å². The Morgan fingerprint density at radius 2 is 0.944 bits per heavy atom. The lowest BCUT2D eigenvalue weighted by Crippen LogP contribution is -2.26. The highest BCUT2D eigenvalue weighted by atomic mass is 16.5. The van der Waals surface area contributed by atoms with Gasteiger partial charge in [-0.3, -0.25) is 0 Å². The van der Waals surface area contributed by atoms with Crippen molar-refractivity contribution < 1.29 is 19.1 Å². The Kier molecular flexibility index (Phi) is 18.9. The molecule has 0 aromatic heterocycles. The van der Waals surface area contributed by atoms with Crippen molar-refractivity contribution >= 4 is 11.9 Å². The molecule has 0 N–H and O–H groups in total. The number of carbonyl (C=O) groups excluding carboxylic acids is 2. The quantitative estimate of drug-likeness (QED) is 0.131. The smallest absolute Gasteiger partial charge is 0.339 e. The predicted molar refractivity (Wildman–Crippen MR) is 149 cm³/mol. The van der Waals surface area contributed by atoms with Crippen LogP contribution in [0.15, 0.2) is 24.3 Å². The van der Waals surface area contributed by atoms with E-state index in [9.17, 15) is 9.59 Å². The summed E-state index contributed by atoms with van der Waals surface area (Å²) < 4.78 is 10.9. The summed E-state index contributed by atoms with van der Waals surface area (Å²) in [5.74, 6) is -0.952. The molecule has 0 aliphatic carbocycles. The van der Waals surface area contributed by atoms with Crippen LogP contribution >= 0.6 is 0 Å². The lowest BCUT2D eigenvalue weighted by Gasteiger charge is -2.17. The fraction of sp³-hybridized carbons (Fsp3) is 0.733. The van der Waals surface area contributed by atoms with Crippen LogP contribution in [0.2, 0.25) is 0 Å². The van der Waals surface area contributed by atoms with Crippen LogP contribution in [0, 0.1) is 0 Å². The van der Waals surface area contributed by atoms with Gasteiger partial charge in [0.2, 0.25) is 0 Å². The van der Waals surface area contributed by atoms with Gasteiger partial charge in [-0.2, -0.15) is 0 Å². The van der Waals surface area contributed by atoms with Gasteiger partial charge in [0.1, 0.15) is 13.2 Å². The molecule has 36 heavy (non-hydrogen) atoms. The van der Waals surface area contributed by atoms with Crippen LogP contribution in [0.3, 0.4) is 0 Å². The topological polar surface area (TPSA) is 59.1 Å². The summed E-state index contributed by atoms with van der Waals surface area (Å²) in [5, 5.41) is 0. The van der Waals surface area contributed by atoms with Crippen molar-refractivity contribution in [1.82, 2.24) is 9.80 Å². The lowest BCUT2D eigenvalue weighted by molar-refractivity contribution is 0.0426. The van der Waals surface area contributed by atoms with E-state index in [0.717, 1.165) is 25.9 Å². The number of benzene rings is 1. The summed E-state index contributed by atoms with van der Waals surface area (Å²) in [6.07, 6.45) is 15.2. The van der Waals surface area contributed by atoms with Crippen molar-refractivity contribution in [3.05, 3.63) is 35.4 Å². The predicted octanol–water partition coefficient (Wildman–Crippen LogP) is 6.58. The number of hydrogen-bond acceptors (Lipinski definition) is 6. The Hall–Kier alpha value is -1.92. The van der Waals surface area contributed by atoms with E-state index in [2.05, 4.69) is 37.7 Å². The Labute approximate surface area is 220 Å². The second-order valence-corrected chi connectivity index (χ2v) is 9.96. The number of rotatable bonds is 22. The van der Waals surface area contributed by atoms with E-state index in [1.54, 1.807) is 24.3 Å². The van der Waals surface area contributed by atoms with Gasteiger partial charge in [0, 0.05) is 13.1 Å². The Bertz CT molecular complexity index is 651. The number of esters is 2. The molecule has 6 nitrogen and oxygen atoms in total. The maximum absolute atomic E-state index is 12.6. The minimum atomic E-state index is -0.476. The molecular weight excluding hydrogens is 452 g/mol. The Morgan fingerprint density at radius 3 is 1.33 bits per heavy atom. The fourth-order valence-corrected chi connectivity index (χ4v) is 4.13. The summed E-state index contributed by atoms with van der Waals surface area (Å²) in [7, 11) is 4.10. The average Bonchev–Trinajstić information content (AvgIpc) is 2.88. The van der Waals surface area contributed by atoms with Crippen LogP contribution < -0.4 is 0 Å². The van der Waals surface area contributed by atoms with Gasteiger partial charge >= 0.3 is 11.9 Å². The van der Waals surface area contributed by atoms with Gasteiger partial charge in [-0.25, -0.2) is 9.59 Å². The molecule has 0 atom stereocenters. The van der Waals surface area contributed by atoms with Gasteiger partial charge in [0.25, 0.3) is 0 Å². The number of ether oxygens (including phenoxy) is 2. The van der Waals surface area contributed by atoms with Crippen molar-refractivity contribution in [3.63, 3.8) is 0 Å². The molecule has 1 rings (SSSR count). The molecule has 0 spiro atoms. The molecule has 0 aliphatic rings. The number of unbranched alkanes of at least 4 members (excludes halogenated alkanes) is 10. The summed E-state index contributed by atoms with van der Waals surface area (Å²) in [5.41, 5.74) is 0.531. The molecule has 0 amide bonds. The highest BCUT2D eigenvalue weighted by molar-refractivity contribution is 6.03. The first kappa shape index (κ1) is 32.1. The third-order valence-corrected chi connectivity index (χ3v) is 6.57. The van der Waals surface area contributed by atoms with Gasteiger partial charge in [0.15, 0.2) is 0 Å². The van der Waals surface area contributed by atoms with E-state index in [-0.39, 0.29) is 11.1 Å². The summed E-state index contributed by atoms with van der Waals surface area (Å²) in [6, 6.07) is 6.74. The largest absolute Gasteiger partial charge is 0.461 e. The molecule has 206 valence electrons. The van der Waals surface area contributed by atoms with Crippen molar-refractivity contribution in [2.45, 2.75) is 90.9 Å². The van der Waals surface area contributed by atoms with Gasteiger partial charge < -0.3 is 19.3 Å². The first-order valence-electron chi connectivity index (χ1n) is 14.3. The Morgan fingerprint density at radius 1 is 0.583 bits per heavy atom. The van der Waals surface area contributed by atoms with Gasteiger partial charge in [-0.15, -0.1) is 0 Å². The molecule has 1 aromatic rings. The van der Waals surface area contributed by atoms with E-state index in [0.29, 0.717) is 26.3 Å². The molecular formula is C30H52N2O4. The van der Waals surface area contributed by atoms with Crippen LogP contribution in [0.25, 0.3) is 0 Å². The molecule has 1 aromatic carbocycles. The Balaban J connectivity index is 2.32. The van der Waals surface area contributed by atoms with Crippen LogP contribution in [0.1, 0.15) is 112 Å². The van der Waals surface area contributed by atoms with E-state index < -0.39 is 11.9 Å². The van der Waals surface area contributed by atoms with E-state index in [1.807, 2.05) is 0 Å². The maximum atomic E-state index is 12.6. The molecule has 0 aliphatic heterocycles. The highest BCUT2D eigenvalue weighted by Gasteiger charge is 2.19. The van der Waals surface area contributed by atoms with Crippen LogP contribution in [-0.2, 0) is 9.47 Å². The van der Waals surface area contributed by atoms with E-state index >= 15 is 0 Å². The number of likely N-dealkylation sites (N-methyl/N-ethyl adjacent to an activating group) is 2. The van der Waals surface area contributed by atoms with Crippen LogP contribution in [-0.4, -0.2) is 75.2 Å². The van der Waals surface area contributed by atoms with Crippen molar-refractivity contribution in [3.8, 4) is 0 Å². The molecule has 0 bridgehead atoms. The highest BCUT2D eigenvalue weighted by Crippen LogP contribution is 2.13. The first-order valence-corrected chi connectivity index (χ1v) is 14.3. The van der Waals surface area contributed by atoms with Gasteiger partial charge in [-0.1, -0.05) is 90.2 Å². The summed E-state index contributed by atoms with van der Waals surface area (Å²) >= 11 is 0. The monoisotopic (exact) mass is 504 g/mol. The third-order valence-electron chi connectivity index (χ3n) is 6.57. The van der Waals surface area contributed by atoms with Crippen molar-refractivity contribution in [2.24, 2.45) is 0 Å². The van der Waals surface area contributed by atoms with Gasteiger partial charge in [0.05, 0.1) is 11.1 Å². The SMILES string of the molecule is CCCCCCCCN(C)CCOC(=O)c1ccccc1C(=O)OCCN(C)CCCCCCCC. The standard InChI is InChI=1S/C30H52N2O4/c1-5-7-9-11-13-17-21-31(3)23-25-35-29(33)27-19-15-16-20-28(27)30(34)36-26-24-32(4)22-18-14-12-10-8-6-2/h15-16,19-20H,5-14,17-18,21-26H2,1-4H3. The van der Waals surface area contributed by atoms with E-state index in [4.69, 9.17) is 9.47 Å². The average molecular weight is 505 g/mol. The number of hydrogen-bond donors (Lipinski definition) is 0. The third kappa shape index (κ3) is 15.2. The minimum absolute atomic E-state index is 0.265. The summed E-state index contributed by atoms with van der Waals surface area (Å²) in [6.45, 7) is 8.42. The molecule has 0 saturated heterocycles. The molecule has 0 heterocycles. The second kappa shape index (κ2) is 21.2. The maximum Gasteiger partial charge on any atom is 0.339 e. The molecule has 0 unspecified atom stereocenters. The van der Waals surface area contributed by atoms with Crippen molar-refractivity contribution in [2.75, 3.05) is 53.5 Å². The zero-order valence-corrected chi connectivity index (χ0v) is 23.6. The molecule has 0 radical (unpaired) electrons. The molecule has 0 fully saturated rings. The first-order chi connectivity index (χ1) is 17.5.